The predicted molar refractivity (Wildman–Crippen MR) is 46.4 cm³/mol. The Labute approximate surface area is 70.2 Å². The van der Waals surface area contributed by atoms with E-state index in [0.29, 0.717) is 5.71 Å². The molecule has 6 heteroatoms. The Hall–Kier alpha value is -0.420. The number of aliphatic imine (C=N–C) groups is 1. The maximum Gasteiger partial charge on any atom is 0.245 e. The van der Waals surface area contributed by atoms with Gasteiger partial charge in [-0.05, 0) is 6.92 Å². The van der Waals surface area contributed by atoms with Crippen molar-refractivity contribution in [1.82, 2.24) is 0 Å². The average molecular weight is 197 g/mol. The fourth-order valence-electron chi connectivity index (χ4n) is 0.533. The van der Waals surface area contributed by atoms with Crippen LogP contribution in [0.15, 0.2) is 4.99 Å². The van der Waals surface area contributed by atoms with E-state index in [2.05, 4.69) is 4.99 Å². The van der Waals surface area contributed by atoms with Gasteiger partial charge in [0.2, 0.25) is 9.05 Å². The van der Waals surface area contributed by atoms with Gasteiger partial charge in [-0.3, -0.25) is 4.99 Å². The lowest BCUT2D eigenvalue weighted by molar-refractivity contribution is 0.610. The molecule has 0 saturated carbocycles. The molecule has 11 heavy (non-hydrogen) atoms. The van der Waals surface area contributed by atoms with Crippen LogP contribution in [0, 0.1) is 5.41 Å². The average Bonchev–Trinajstić information content (AvgIpc) is 1.86. The number of hydrogen-bond acceptors (Lipinski definition) is 4. The minimum atomic E-state index is -3.73. The summed E-state index contributed by atoms with van der Waals surface area (Å²) in [4.78, 5) is 3.63. The smallest absolute Gasteiger partial charge is 0.245 e. The first-order valence-corrected chi connectivity index (χ1v) is 5.18. The van der Waals surface area contributed by atoms with Crippen molar-refractivity contribution in [1.29, 1.82) is 5.41 Å². The Morgan fingerprint density at radius 3 is 2.27 bits per heavy atom. The number of rotatable bonds is 3. The van der Waals surface area contributed by atoms with Crippen molar-refractivity contribution in [3.8, 4) is 0 Å². The Morgan fingerprint density at radius 2 is 2.18 bits per heavy atom. The van der Waals surface area contributed by atoms with E-state index in [1.165, 1.54) is 14.0 Å². The SMILES string of the molecule is CN=C(C)C(C=N)S(=O)(=O)Cl. The molecule has 0 aromatic heterocycles. The highest BCUT2D eigenvalue weighted by Gasteiger charge is 2.22. The van der Waals surface area contributed by atoms with Crippen LogP contribution in [0.1, 0.15) is 6.92 Å². The lowest BCUT2D eigenvalue weighted by Gasteiger charge is -2.04. The van der Waals surface area contributed by atoms with Crippen molar-refractivity contribution in [2.45, 2.75) is 12.2 Å². The number of nitrogens with one attached hydrogen (secondary N) is 1. The van der Waals surface area contributed by atoms with E-state index in [9.17, 15) is 8.42 Å². The van der Waals surface area contributed by atoms with Crippen molar-refractivity contribution >= 4 is 31.7 Å². The molecule has 0 saturated heterocycles. The third-order valence-corrected chi connectivity index (χ3v) is 2.88. The van der Waals surface area contributed by atoms with Gasteiger partial charge in [-0.25, -0.2) is 8.42 Å². The summed E-state index contributed by atoms with van der Waals surface area (Å²) in [6.45, 7) is 1.51. The van der Waals surface area contributed by atoms with Crippen LogP contribution in [0.25, 0.3) is 0 Å². The molecule has 0 amide bonds. The standard InChI is InChI=1S/C5H9ClN2O2S/c1-4(8-2)5(3-7)11(6,9)10/h3,5,7H,1-2H3. The molecule has 1 N–H and O–H groups in total. The number of nitrogens with zero attached hydrogens (tertiary/aromatic N) is 1. The molecule has 4 nitrogen and oxygen atoms in total. The van der Waals surface area contributed by atoms with Gasteiger partial charge >= 0.3 is 0 Å². The molecule has 1 atom stereocenters. The second kappa shape index (κ2) is 3.82. The zero-order chi connectivity index (χ0) is 9.07. The summed E-state index contributed by atoms with van der Waals surface area (Å²) in [5, 5.41) is 5.69. The fourth-order valence-corrected chi connectivity index (χ4v) is 1.75. The van der Waals surface area contributed by atoms with Gasteiger partial charge in [-0.1, -0.05) is 0 Å². The lowest BCUT2D eigenvalue weighted by atomic mass is 10.3. The molecular weight excluding hydrogens is 188 g/mol. The summed E-state index contributed by atoms with van der Waals surface area (Å²) in [5.41, 5.74) is 0.315. The summed E-state index contributed by atoms with van der Waals surface area (Å²) in [6, 6.07) is 0. The Morgan fingerprint density at radius 1 is 1.73 bits per heavy atom. The minimum Gasteiger partial charge on any atom is -0.311 e. The fraction of sp³-hybridized carbons (Fsp3) is 0.600. The monoisotopic (exact) mass is 196 g/mol. The van der Waals surface area contributed by atoms with Gasteiger partial charge in [-0.2, -0.15) is 0 Å². The zero-order valence-electron chi connectivity index (χ0n) is 6.20. The van der Waals surface area contributed by atoms with E-state index in [1.807, 2.05) is 0 Å². The van der Waals surface area contributed by atoms with Gasteiger partial charge in [0.05, 0.1) is 0 Å². The van der Waals surface area contributed by atoms with Crippen molar-refractivity contribution in [2.75, 3.05) is 7.05 Å². The Balaban J connectivity index is 4.86. The number of hydrogen-bond donors (Lipinski definition) is 1. The summed E-state index contributed by atoms with van der Waals surface area (Å²) in [6.07, 6.45) is 0.755. The van der Waals surface area contributed by atoms with Crippen molar-refractivity contribution in [3.05, 3.63) is 0 Å². The predicted octanol–water partition coefficient (Wildman–Crippen LogP) is 0.664. The molecule has 0 aliphatic rings. The topological polar surface area (TPSA) is 70.3 Å². The van der Waals surface area contributed by atoms with Gasteiger partial charge in [0.1, 0.15) is 5.25 Å². The van der Waals surface area contributed by atoms with Crippen LogP contribution in [0.3, 0.4) is 0 Å². The molecule has 0 fully saturated rings. The van der Waals surface area contributed by atoms with E-state index >= 15 is 0 Å². The zero-order valence-corrected chi connectivity index (χ0v) is 7.78. The first-order chi connectivity index (χ1) is 4.93. The van der Waals surface area contributed by atoms with Gasteiger partial charge < -0.3 is 5.41 Å². The summed E-state index contributed by atoms with van der Waals surface area (Å²) in [5.74, 6) is 0. The molecule has 1 unspecified atom stereocenters. The molecule has 0 spiro atoms. The molecule has 0 aliphatic carbocycles. The molecule has 0 heterocycles. The molecule has 0 radical (unpaired) electrons. The second-order valence-electron chi connectivity index (χ2n) is 1.93. The molecule has 0 aromatic rings. The highest BCUT2D eigenvalue weighted by Crippen LogP contribution is 2.06. The lowest BCUT2D eigenvalue weighted by Crippen LogP contribution is -2.25. The molecule has 0 aromatic carbocycles. The largest absolute Gasteiger partial charge is 0.311 e. The highest BCUT2D eigenvalue weighted by molar-refractivity contribution is 8.15. The van der Waals surface area contributed by atoms with Crippen LogP contribution in [0.5, 0.6) is 0 Å². The maximum absolute atomic E-state index is 10.7. The van der Waals surface area contributed by atoms with Gasteiger partial charge in [-0.15, -0.1) is 0 Å². The van der Waals surface area contributed by atoms with Crippen LogP contribution < -0.4 is 0 Å². The van der Waals surface area contributed by atoms with Crippen LogP contribution in [0.2, 0.25) is 0 Å². The molecule has 0 aliphatic heterocycles. The normalized spacial score (nSPS) is 16.1. The third kappa shape index (κ3) is 2.98. The van der Waals surface area contributed by atoms with E-state index in [-0.39, 0.29) is 0 Å². The minimum absolute atomic E-state index is 0.315. The van der Waals surface area contributed by atoms with Crippen LogP contribution in [-0.2, 0) is 9.05 Å². The molecular formula is C5H9ClN2O2S. The third-order valence-electron chi connectivity index (χ3n) is 1.22. The molecule has 0 bridgehead atoms. The van der Waals surface area contributed by atoms with E-state index in [4.69, 9.17) is 16.1 Å². The van der Waals surface area contributed by atoms with E-state index in [1.54, 1.807) is 0 Å². The van der Waals surface area contributed by atoms with Crippen LogP contribution in [0.4, 0.5) is 0 Å². The van der Waals surface area contributed by atoms with E-state index < -0.39 is 14.3 Å². The maximum atomic E-state index is 10.7. The molecule has 0 rings (SSSR count). The van der Waals surface area contributed by atoms with Gasteiger partial charge in [0, 0.05) is 29.7 Å². The van der Waals surface area contributed by atoms with Crippen LogP contribution >= 0.6 is 10.7 Å². The van der Waals surface area contributed by atoms with Crippen LogP contribution in [-0.4, -0.2) is 32.6 Å². The van der Waals surface area contributed by atoms with Crippen molar-refractivity contribution in [2.24, 2.45) is 4.99 Å². The first kappa shape index (κ1) is 10.6. The summed E-state index contributed by atoms with van der Waals surface area (Å²) in [7, 11) is 2.74. The second-order valence-corrected chi connectivity index (χ2v) is 4.68. The first-order valence-electron chi connectivity index (χ1n) is 2.80. The Bertz CT molecular complexity index is 270. The highest BCUT2D eigenvalue weighted by atomic mass is 35.7. The van der Waals surface area contributed by atoms with Gasteiger partial charge in [0.15, 0.2) is 0 Å². The summed E-state index contributed by atoms with van der Waals surface area (Å²) < 4.78 is 21.4. The van der Waals surface area contributed by atoms with E-state index in [0.717, 1.165) is 6.21 Å². The number of halogens is 1. The summed E-state index contributed by atoms with van der Waals surface area (Å²) >= 11 is 0. The Kier molecular flexibility index (Phi) is 3.68. The van der Waals surface area contributed by atoms with Crippen molar-refractivity contribution in [3.63, 3.8) is 0 Å². The van der Waals surface area contributed by atoms with Crippen molar-refractivity contribution < 1.29 is 8.42 Å². The quantitative estimate of drug-likeness (QED) is 0.532. The van der Waals surface area contributed by atoms with Gasteiger partial charge in [0.25, 0.3) is 0 Å². The molecule has 64 valence electrons.